The standard InChI is InChI=1S/C24H36O3S2/c1-4-5-6-7-10-24(28-11-12-29-24)17-13-21(26)23(22(27)14-17)20-15-18(25)8-9-19(20)16(2)3/h13-14,16,19-20,26-27H,4-12,15H2,1-3H3/t19-,20+/m0/s1. The highest BCUT2D eigenvalue weighted by Crippen LogP contribution is 2.57. The molecule has 2 fully saturated rings. The van der Waals surface area contributed by atoms with Gasteiger partial charge in [0.25, 0.3) is 0 Å². The minimum absolute atomic E-state index is 0.0684. The van der Waals surface area contributed by atoms with E-state index in [1.165, 1.54) is 25.7 Å². The lowest BCUT2D eigenvalue weighted by atomic mass is 9.69. The molecule has 0 bridgehead atoms. The van der Waals surface area contributed by atoms with Crippen molar-refractivity contribution in [3.63, 3.8) is 0 Å². The molecule has 162 valence electrons. The number of rotatable bonds is 8. The van der Waals surface area contributed by atoms with E-state index in [0.29, 0.717) is 30.2 Å². The Morgan fingerprint density at radius 3 is 2.34 bits per heavy atom. The zero-order chi connectivity index (χ0) is 21.0. The molecule has 1 aromatic carbocycles. The molecule has 2 atom stereocenters. The molecule has 0 radical (unpaired) electrons. The summed E-state index contributed by atoms with van der Waals surface area (Å²) in [6, 6.07) is 3.77. The number of phenolic OH excluding ortho intramolecular Hbond substituents is 2. The summed E-state index contributed by atoms with van der Waals surface area (Å²) in [5.74, 6) is 3.44. The van der Waals surface area contributed by atoms with E-state index in [4.69, 9.17) is 0 Å². The first-order chi connectivity index (χ1) is 13.9. The molecule has 1 heterocycles. The normalized spacial score (nSPS) is 24.3. The van der Waals surface area contributed by atoms with Crippen molar-refractivity contribution in [1.29, 1.82) is 0 Å². The first kappa shape index (κ1) is 22.9. The number of carbonyl (C=O) groups is 1. The van der Waals surface area contributed by atoms with Crippen LogP contribution in [0.25, 0.3) is 0 Å². The van der Waals surface area contributed by atoms with Crippen LogP contribution >= 0.6 is 23.5 Å². The summed E-state index contributed by atoms with van der Waals surface area (Å²) < 4.78 is -0.0684. The molecule has 29 heavy (non-hydrogen) atoms. The summed E-state index contributed by atoms with van der Waals surface area (Å²) in [4.78, 5) is 12.2. The number of benzene rings is 1. The number of hydrogen-bond acceptors (Lipinski definition) is 5. The van der Waals surface area contributed by atoms with Crippen LogP contribution in [0.3, 0.4) is 0 Å². The van der Waals surface area contributed by atoms with Crippen LogP contribution in [0.5, 0.6) is 11.5 Å². The maximum atomic E-state index is 12.2. The lowest BCUT2D eigenvalue weighted by Gasteiger charge is -2.35. The number of ketones is 1. The monoisotopic (exact) mass is 436 g/mol. The van der Waals surface area contributed by atoms with Crippen molar-refractivity contribution in [1.82, 2.24) is 0 Å². The number of phenols is 2. The van der Waals surface area contributed by atoms with Gasteiger partial charge in [-0.3, -0.25) is 4.79 Å². The van der Waals surface area contributed by atoms with Gasteiger partial charge in [0.05, 0.1) is 4.08 Å². The summed E-state index contributed by atoms with van der Waals surface area (Å²) in [5.41, 5.74) is 1.62. The van der Waals surface area contributed by atoms with E-state index in [2.05, 4.69) is 20.8 Å². The van der Waals surface area contributed by atoms with Crippen molar-refractivity contribution < 1.29 is 15.0 Å². The van der Waals surface area contributed by atoms with E-state index < -0.39 is 0 Å². The summed E-state index contributed by atoms with van der Waals surface area (Å²) in [5, 5.41) is 22.0. The molecular weight excluding hydrogens is 400 g/mol. The van der Waals surface area contributed by atoms with Crippen molar-refractivity contribution in [2.75, 3.05) is 11.5 Å². The van der Waals surface area contributed by atoms with Gasteiger partial charge in [-0.2, -0.15) is 0 Å². The first-order valence-corrected chi connectivity index (χ1v) is 13.2. The van der Waals surface area contributed by atoms with Gasteiger partial charge in [-0.1, -0.05) is 46.5 Å². The van der Waals surface area contributed by atoms with Gasteiger partial charge in [0.2, 0.25) is 0 Å². The van der Waals surface area contributed by atoms with Crippen LogP contribution in [0.4, 0.5) is 0 Å². The van der Waals surface area contributed by atoms with Gasteiger partial charge in [0.1, 0.15) is 17.3 Å². The van der Waals surface area contributed by atoms with Crippen LogP contribution in [0.15, 0.2) is 12.1 Å². The maximum absolute atomic E-state index is 12.2. The molecule has 1 aliphatic heterocycles. The molecule has 0 aromatic heterocycles. The molecule has 1 aliphatic carbocycles. The van der Waals surface area contributed by atoms with Gasteiger partial charge in [-0.05, 0) is 42.4 Å². The molecule has 1 saturated carbocycles. The van der Waals surface area contributed by atoms with Gasteiger partial charge in [-0.15, -0.1) is 23.5 Å². The zero-order valence-corrected chi connectivity index (χ0v) is 19.7. The van der Waals surface area contributed by atoms with Crippen LogP contribution < -0.4 is 0 Å². The van der Waals surface area contributed by atoms with Crippen LogP contribution in [0.1, 0.15) is 89.2 Å². The number of aromatic hydroxyl groups is 2. The summed E-state index contributed by atoms with van der Waals surface area (Å²) in [6.45, 7) is 6.57. The largest absolute Gasteiger partial charge is 0.508 e. The minimum Gasteiger partial charge on any atom is -0.508 e. The van der Waals surface area contributed by atoms with Gasteiger partial charge in [-0.25, -0.2) is 0 Å². The van der Waals surface area contributed by atoms with E-state index in [1.807, 2.05) is 35.7 Å². The fraction of sp³-hybridized carbons (Fsp3) is 0.708. The second kappa shape index (κ2) is 10.00. The molecule has 1 saturated heterocycles. The Kier molecular flexibility index (Phi) is 7.88. The number of unbranched alkanes of at least 4 members (excludes halogenated alkanes) is 3. The van der Waals surface area contributed by atoms with Crippen LogP contribution in [-0.4, -0.2) is 27.5 Å². The van der Waals surface area contributed by atoms with Gasteiger partial charge in [0.15, 0.2) is 0 Å². The van der Waals surface area contributed by atoms with Crippen molar-refractivity contribution in [2.45, 2.75) is 82.1 Å². The lowest BCUT2D eigenvalue weighted by molar-refractivity contribution is -0.121. The third-order valence-electron chi connectivity index (χ3n) is 6.64. The van der Waals surface area contributed by atoms with Crippen molar-refractivity contribution >= 4 is 29.3 Å². The van der Waals surface area contributed by atoms with Crippen molar-refractivity contribution in [3.8, 4) is 11.5 Å². The van der Waals surface area contributed by atoms with E-state index in [0.717, 1.165) is 29.9 Å². The Bertz CT molecular complexity index is 687. The van der Waals surface area contributed by atoms with E-state index >= 15 is 0 Å². The molecule has 0 amide bonds. The lowest BCUT2D eigenvalue weighted by Crippen LogP contribution is -2.27. The van der Waals surface area contributed by atoms with E-state index in [-0.39, 0.29) is 27.3 Å². The Morgan fingerprint density at radius 1 is 1.10 bits per heavy atom. The van der Waals surface area contributed by atoms with E-state index in [9.17, 15) is 15.0 Å². The molecule has 0 unspecified atom stereocenters. The predicted octanol–water partition coefficient (Wildman–Crippen LogP) is 6.81. The van der Waals surface area contributed by atoms with Crippen LogP contribution in [0, 0.1) is 11.8 Å². The average molecular weight is 437 g/mol. The van der Waals surface area contributed by atoms with Gasteiger partial charge in [0, 0.05) is 35.8 Å². The molecule has 1 aromatic rings. The summed E-state index contributed by atoms with van der Waals surface area (Å²) >= 11 is 3.90. The van der Waals surface area contributed by atoms with Gasteiger partial charge >= 0.3 is 0 Å². The number of hydrogen-bond donors (Lipinski definition) is 2. The predicted molar refractivity (Wildman–Crippen MR) is 125 cm³/mol. The van der Waals surface area contributed by atoms with Crippen molar-refractivity contribution in [3.05, 3.63) is 23.3 Å². The third kappa shape index (κ3) is 5.10. The van der Waals surface area contributed by atoms with E-state index in [1.54, 1.807) is 0 Å². The van der Waals surface area contributed by atoms with Gasteiger partial charge < -0.3 is 10.2 Å². The number of thioether (sulfide) groups is 2. The number of Topliss-reactive ketones (excluding diaryl/α,β-unsaturated/α-hetero) is 1. The Hall–Kier alpha value is -0.810. The third-order valence-corrected chi connectivity index (χ3v) is 10.2. The topological polar surface area (TPSA) is 57.5 Å². The second-order valence-corrected chi connectivity index (χ2v) is 12.0. The van der Waals surface area contributed by atoms with Crippen molar-refractivity contribution in [2.24, 2.45) is 11.8 Å². The zero-order valence-electron chi connectivity index (χ0n) is 18.1. The smallest absolute Gasteiger partial charge is 0.133 e. The second-order valence-electron chi connectivity index (χ2n) is 8.98. The van der Waals surface area contributed by atoms with Crippen LogP contribution in [0.2, 0.25) is 0 Å². The Balaban J connectivity index is 1.90. The molecule has 5 heteroatoms. The minimum atomic E-state index is -0.0883. The maximum Gasteiger partial charge on any atom is 0.133 e. The average Bonchev–Trinajstić information content (AvgIpc) is 3.15. The van der Waals surface area contributed by atoms with Crippen LogP contribution in [-0.2, 0) is 8.87 Å². The fourth-order valence-corrected chi connectivity index (χ4v) is 8.36. The molecule has 2 aliphatic rings. The SMILES string of the molecule is CCCCCCC1(c2cc(O)c([C@@H]3CC(=O)CC[C@H]3C(C)C)c(O)c2)SCCS1. The summed E-state index contributed by atoms with van der Waals surface area (Å²) in [7, 11) is 0. The molecule has 3 nitrogen and oxygen atoms in total. The molecule has 0 spiro atoms. The number of carbonyl (C=O) groups excluding carboxylic acids is 1. The summed E-state index contributed by atoms with van der Waals surface area (Å²) in [6.07, 6.45) is 7.83. The Morgan fingerprint density at radius 2 is 1.76 bits per heavy atom. The highest BCUT2D eigenvalue weighted by molar-refractivity contribution is 8.20. The quantitative estimate of drug-likeness (QED) is 0.438. The molecule has 3 rings (SSSR count). The molecule has 2 N–H and O–H groups in total. The first-order valence-electron chi connectivity index (χ1n) is 11.2. The molecular formula is C24H36O3S2. The fourth-order valence-electron chi connectivity index (χ4n) is 5.06. The Labute approximate surface area is 184 Å². The highest BCUT2D eigenvalue weighted by Gasteiger charge is 2.40. The highest BCUT2D eigenvalue weighted by atomic mass is 32.2.